The molecule has 0 bridgehead atoms. The number of amidine groups is 1. The van der Waals surface area contributed by atoms with Gasteiger partial charge in [0.05, 0.1) is 5.54 Å². The smallest absolute Gasteiger partial charge is 0.275 e. The van der Waals surface area contributed by atoms with Crippen LogP contribution in [0, 0.1) is 11.3 Å². The normalized spacial score (nSPS) is 31.2. The predicted octanol–water partition coefficient (Wildman–Crippen LogP) is 0.0545. The molecular formula is C9H20N4O2S. The van der Waals surface area contributed by atoms with Gasteiger partial charge in [-0.1, -0.05) is 13.3 Å². The van der Waals surface area contributed by atoms with Crippen LogP contribution in [0.3, 0.4) is 0 Å². The zero-order valence-corrected chi connectivity index (χ0v) is 10.3. The molecule has 0 unspecified atom stereocenters. The molecule has 0 amide bonds. The first-order chi connectivity index (χ1) is 7.29. The lowest BCUT2D eigenvalue weighted by molar-refractivity contribution is 0.266. The molecule has 1 rings (SSSR count). The maximum absolute atomic E-state index is 11.1. The second kappa shape index (κ2) is 4.68. The van der Waals surface area contributed by atoms with Gasteiger partial charge < -0.3 is 5.73 Å². The minimum absolute atomic E-state index is 0.143. The lowest BCUT2D eigenvalue weighted by Gasteiger charge is -2.38. The van der Waals surface area contributed by atoms with Crippen molar-refractivity contribution in [3.8, 4) is 0 Å². The molecule has 0 radical (unpaired) electrons. The highest BCUT2D eigenvalue weighted by molar-refractivity contribution is 7.87. The van der Waals surface area contributed by atoms with Crippen molar-refractivity contribution in [3.63, 3.8) is 0 Å². The average molecular weight is 248 g/mol. The summed E-state index contributed by atoms with van der Waals surface area (Å²) in [5, 5.41) is 12.5. The number of nitrogens with one attached hydrogen (secondary N) is 2. The molecule has 1 aliphatic rings. The van der Waals surface area contributed by atoms with E-state index in [1.807, 2.05) is 0 Å². The number of nitrogens with two attached hydrogens (primary N) is 2. The zero-order valence-electron chi connectivity index (χ0n) is 9.49. The van der Waals surface area contributed by atoms with Crippen molar-refractivity contribution < 1.29 is 8.42 Å². The Morgan fingerprint density at radius 2 is 2.00 bits per heavy atom. The van der Waals surface area contributed by atoms with Crippen LogP contribution < -0.4 is 15.6 Å². The van der Waals surface area contributed by atoms with Gasteiger partial charge in [0, 0.05) is 0 Å². The molecule has 1 aliphatic carbocycles. The van der Waals surface area contributed by atoms with Crippen molar-refractivity contribution >= 4 is 16.0 Å². The van der Waals surface area contributed by atoms with Crippen LogP contribution in [0.1, 0.15) is 39.0 Å². The molecular weight excluding hydrogens is 228 g/mol. The van der Waals surface area contributed by atoms with E-state index in [1.54, 1.807) is 0 Å². The molecule has 0 spiro atoms. The van der Waals surface area contributed by atoms with E-state index in [-0.39, 0.29) is 5.84 Å². The lowest BCUT2D eigenvalue weighted by atomic mass is 9.75. The van der Waals surface area contributed by atoms with Crippen molar-refractivity contribution in [2.75, 3.05) is 0 Å². The highest BCUT2D eigenvalue weighted by Gasteiger charge is 2.40. The molecule has 0 saturated heterocycles. The summed E-state index contributed by atoms with van der Waals surface area (Å²) in [6.07, 6.45) is 3.93. The van der Waals surface area contributed by atoms with Gasteiger partial charge in [0.2, 0.25) is 0 Å². The molecule has 16 heavy (non-hydrogen) atoms. The highest BCUT2D eigenvalue weighted by Crippen LogP contribution is 2.33. The number of hydrogen-bond donors (Lipinski definition) is 4. The maximum atomic E-state index is 11.1. The van der Waals surface area contributed by atoms with E-state index in [9.17, 15) is 8.42 Å². The molecule has 0 aromatic carbocycles. The van der Waals surface area contributed by atoms with E-state index < -0.39 is 15.7 Å². The Bertz CT molecular complexity index is 358. The summed E-state index contributed by atoms with van der Waals surface area (Å²) in [5.41, 5.74) is 4.54. The molecule has 0 aromatic heterocycles. The van der Waals surface area contributed by atoms with Gasteiger partial charge in [-0.05, 0) is 31.6 Å². The summed E-state index contributed by atoms with van der Waals surface area (Å²) in [5.74, 6) is 0.450. The first kappa shape index (κ1) is 13.4. The van der Waals surface area contributed by atoms with Crippen LogP contribution in [-0.2, 0) is 10.2 Å². The monoisotopic (exact) mass is 248 g/mol. The van der Waals surface area contributed by atoms with Crippen LogP contribution in [-0.4, -0.2) is 19.8 Å². The van der Waals surface area contributed by atoms with Gasteiger partial charge in [0.15, 0.2) is 0 Å². The van der Waals surface area contributed by atoms with Gasteiger partial charge in [-0.25, -0.2) is 5.14 Å². The van der Waals surface area contributed by atoms with Crippen molar-refractivity contribution in [1.29, 1.82) is 5.41 Å². The number of rotatable bonds is 4. The zero-order chi connectivity index (χ0) is 12.4. The molecule has 6 nitrogen and oxygen atoms in total. The van der Waals surface area contributed by atoms with Gasteiger partial charge in [-0.3, -0.25) is 5.41 Å². The largest absolute Gasteiger partial charge is 0.386 e. The van der Waals surface area contributed by atoms with E-state index in [0.29, 0.717) is 18.8 Å². The molecule has 7 heteroatoms. The molecule has 0 aliphatic heterocycles. The molecule has 94 valence electrons. The van der Waals surface area contributed by atoms with Gasteiger partial charge >= 0.3 is 0 Å². The summed E-state index contributed by atoms with van der Waals surface area (Å²) in [6, 6.07) is 0. The molecule has 0 aromatic rings. The van der Waals surface area contributed by atoms with E-state index >= 15 is 0 Å². The first-order valence-corrected chi connectivity index (χ1v) is 7.00. The third-order valence-corrected chi connectivity index (χ3v) is 4.06. The Balaban J connectivity index is 2.81. The van der Waals surface area contributed by atoms with Gasteiger partial charge in [0.1, 0.15) is 5.84 Å². The summed E-state index contributed by atoms with van der Waals surface area (Å²) < 4.78 is 24.5. The van der Waals surface area contributed by atoms with Gasteiger partial charge in [-0.2, -0.15) is 13.1 Å². The molecule has 6 N–H and O–H groups in total. The topological polar surface area (TPSA) is 122 Å². The van der Waals surface area contributed by atoms with Crippen LogP contribution in [0.4, 0.5) is 0 Å². The molecule has 1 saturated carbocycles. The van der Waals surface area contributed by atoms with Crippen LogP contribution in [0.5, 0.6) is 0 Å². The summed E-state index contributed by atoms with van der Waals surface area (Å²) in [6.45, 7) is 2.11. The van der Waals surface area contributed by atoms with Gasteiger partial charge in [-0.15, -0.1) is 0 Å². The standard InChI is InChI=1S/C9H20N4O2S/c1-2-7-3-5-9(6-4-7,8(10)11)13-16(12,14)15/h7,13H,2-6H2,1H3,(H3,10,11)(H2,12,14,15). The van der Waals surface area contributed by atoms with Crippen molar-refractivity contribution in [2.24, 2.45) is 16.8 Å². The Kier molecular flexibility index (Phi) is 3.92. The lowest BCUT2D eigenvalue weighted by Crippen LogP contribution is -2.60. The van der Waals surface area contributed by atoms with Gasteiger partial charge in [0.25, 0.3) is 10.2 Å². The summed E-state index contributed by atoms with van der Waals surface area (Å²) in [4.78, 5) is 0. The average Bonchev–Trinajstić information content (AvgIpc) is 2.16. The van der Waals surface area contributed by atoms with E-state index in [4.69, 9.17) is 16.3 Å². The Hall–Kier alpha value is -0.660. The Morgan fingerprint density at radius 1 is 1.50 bits per heavy atom. The first-order valence-electron chi connectivity index (χ1n) is 5.45. The minimum Gasteiger partial charge on any atom is -0.386 e. The van der Waals surface area contributed by atoms with Crippen LogP contribution >= 0.6 is 0 Å². The fraction of sp³-hybridized carbons (Fsp3) is 0.889. The predicted molar refractivity (Wildman–Crippen MR) is 63.1 cm³/mol. The third kappa shape index (κ3) is 3.16. The fourth-order valence-electron chi connectivity index (χ4n) is 2.28. The van der Waals surface area contributed by atoms with Crippen molar-refractivity contribution in [2.45, 2.75) is 44.6 Å². The minimum atomic E-state index is -3.82. The van der Waals surface area contributed by atoms with Crippen LogP contribution in [0.15, 0.2) is 0 Å². The molecule has 0 atom stereocenters. The summed E-state index contributed by atoms with van der Waals surface area (Å²) >= 11 is 0. The Morgan fingerprint density at radius 3 is 2.31 bits per heavy atom. The Labute approximate surface area is 96.5 Å². The molecule has 0 heterocycles. The maximum Gasteiger partial charge on any atom is 0.275 e. The number of hydrogen-bond acceptors (Lipinski definition) is 3. The quantitative estimate of drug-likeness (QED) is 0.415. The second-order valence-electron chi connectivity index (χ2n) is 4.49. The third-order valence-electron chi connectivity index (χ3n) is 3.39. The van der Waals surface area contributed by atoms with E-state index in [0.717, 1.165) is 19.3 Å². The van der Waals surface area contributed by atoms with Crippen LogP contribution in [0.2, 0.25) is 0 Å². The SMILES string of the molecule is CCC1CCC(NS(N)(=O)=O)(C(=N)N)CC1. The second-order valence-corrected chi connectivity index (χ2v) is 5.79. The van der Waals surface area contributed by atoms with E-state index in [1.165, 1.54) is 0 Å². The fourth-order valence-corrected chi connectivity index (χ4v) is 3.14. The highest BCUT2D eigenvalue weighted by atomic mass is 32.2. The molecule has 1 fully saturated rings. The van der Waals surface area contributed by atoms with Crippen molar-refractivity contribution in [3.05, 3.63) is 0 Å². The van der Waals surface area contributed by atoms with E-state index in [2.05, 4.69) is 11.6 Å². The summed E-state index contributed by atoms with van der Waals surface area (Å²) in [7, 11) is -3.82. The van der Waals surface area contributed by atoms with Crippen molar-refractivity contribution in [1.82, 2.24) is 4.72 Å². The van der Waals surface area contributed by atoms with Crippen LogP contribution in [0.25, 0.3) is 0 Å².